The summed E-state index contributed by atoms with van der Waals surface area (Å²) >= 11 is 0. The second-order valence-electron chi connectivity index (χ2n) is 0. The topological polar surface area (TPSA) is 0 Å². The van der Waals surface area contributed by atoms with E-state index in [2.05, 4.69) is 0 Å². The maximum absolute atomic E-state index is 0. The molecule has 0 aliphatic heterocycles. The average Bonchev–Trinajstić information content (AvgIpc) is 0. The molecule has 0 nitrogen and oxygen atoms in total. The van der Waals surface area contributed by atoms with Gasteiger partial charge in [0.05, 0.1) is 0 Å². The van der Waals surface area contributed by atoms with Crippen LogP contribution in [0.1, 0.15) is 0 Å². The van der Waals surface area contributed by atoms with Gasteiger partial charge in [-0.2, -0.15) is 0 Å². The van der Waals surface area contributed by atoms with Gasteiger partial charge in [0.25, 0.3) is 0 Å². The van der Waals surface area contributed by atoms with Crippen LogP contribution in [0.2, 0.25) is 0 Å². The van der Waals surface area contributed by atoms with Crippen molar-refractivity contribution < 1.29 is 70.8 Å². The van der Waals surface area contributed by atoms with E-state index in [9.17, 15) is 0 Å². The van der Waals surface area contributed by atoms with Gasteiger partial charge >= 0.3 is 0 Å². The van der Waals surface area contributed by atoms with Crippen molar-refractivity contribution in [3.63, 3.8) is 0 Å². The molecule has 0 fully saturated rings. The first-order valence-electron chi connectivity index (χ1n) is 0. The van der Waals surface area contributed by atoms with Crippen molar-refractivity contribution in [2.24, 2.45) is 0 Å². The van der Waals surface area contributed by atoms with Crippen LogP contribution in [0.4, 0.5) is 0 Å². The van der Waals surface area contributed by atoms with Gasteiger partial charge in [0.2, 0.25) is 0 Å². The Labute approximate surface area is 70.2 Å². The molecule has 0 rings (SSSR count). The van der Waals surface area contributed by atoms with Gasteiger partial charge < -0.3 is 0 Å². The quantitative estimate of drug-likeness (QED) is 0.534. The summed E-state index contributed by atoms with van der Waals surface area (Å²) in [6.45, 7) is 0. The minimum atomic E-state index is 0. The molecule has 0 unspecified atom stereocenters. The number of hydrogen-bond donors (Lipinski definition) is 0. The molecule has 1 radical (unpaired) electrons. The molecule has 35 valence electrons. The fourth-order valence-corrected chi connectivity index (χ4v) is 0. The van der Waals surface area contributed by atoms with Crippen molar-refractivity contribution in [1.29, 1.82) is 0 Å². The maximum Gasteiger partial charge on any atom is 0 e. The van der Waals surface area contributed by atoms with Gasteiger partial charge in [-0.1, -0.05) is 0 Å². The summed E-state index contributed by atoms with van der Waals surface area (Å²) in [5.41, 5.74) is 0. The van der Waals surface area contributed by atoms with Gasteiger partial charge in [0, 0.05) is 70.8 Å². The molecule has 0 aliphatic rings. The van der Waals surface area contributed by atoms with Crippen LogP contribution in [0.15, 0.2) is 0 Å². The summed E-state index contributed by atoms with van der Waals surface area (Å²) in [5.74, 6) is 0. The fraction of sp³-hybridized carbons (Fsp3) is 0. The zero-order valence-electron chi connectivity index (χ0n) is 1.37. The zero-order chi connectivity index (χ0) is 0. The fourth-order valence-electron chi connectivity index (χ4n) is 0. The van der Waals surface area contributed by atoms with Crippen molar-refractivity contribution in [1.82, 2.24) is 0 Å². The van der Waals surface area contributed by atoms with E-state index in [4.69, 9.17) is 0 Å². The van der Waals surface area contributed by atoms with E-state index in [1.54, 1.807) is 0 Å². The average molecular weight is 360 g/mol. The molecule has 0 aromatic heterocycles. The molecule has 0 heterocycles. The Morgan fingerprint density at radius 2 is 0.750 bits per heavy atom. The Kier molecular flexibility index (Phi) is 166. The molecule has 0 aliphatic carbocycles. The third kappa shape index (κ3) is 8.89. The van der Waals surface area contributed by atoms with Crippen LogP contribution >= 0.6 is 0 Å². The maximum atomic E-state index is 0. The van der Waals surface area contributed by atoms with Crippen LogP contribution in [0, 0.1) is 0 Å². The SMILES string of the molecule is [Co].[Ni].[Ni].[W]. The van der Waals surface area contributed by atoms with Crippen LogP contribution in [0.25, 0.3) is 0 Å². The van der Waals surface area contributed by atoms with Gasteiger partial charge in [-0.3, -0.25) is 0 Å². The Morgan fingerprint density at radius 3 is 0.750 bits per heavy atom. The Balaban J connectivity index is 0. The molecule has 0 atom stereocenters. The van der Waals surface area contributed by atoms with E-state index in [0.717, 1.165) is 0 Å². The predicted molar refractivity (Wildman–Crippen MR) is 0 cm³/mol. The van der Waals surface area contributed by atoms with Crippen LogP contribution < -0.4 is 0 Å². The Hall–Kier alpha value is 2.18. The number of hydrogen-bond acceptors (Lipinski definition) is 0. The normalized spacial score (nSPS) is 0. The Morgan fingerprint density at radius 1 is 0.750 bits per heavy atom. The smallest absolute Gasteiger partial charge is 0 e. The van der Waals surface area contributed by atoms with Crippen LogP contribution in [0.5, 0.6) is 0 Å². The van der Waals surface area contributed by atoms with Crippen LogP contribution in [-0.4, -0.2) is 0 Å². The molecule has 0 saturated carbocycles. The largest absolute Gasteiger partial charge is 0 e. The molecule has 0 spiro atoms. The van der Waals surface area contributed by atoms with Gasteiger partial charge in [-0.15, -0.1) is 0 Å². The summed E-state index contributed by atoms with van der Waals surface area (Å²) in [4.78, 5) is 0. The summed E-state index contributed by atoms with van der Waals surface area (Å²) in [6.07, 6.45) is 0. The molecule has 0 aromatic carbocycles. The van der Waals surface area contributed by atoms with E-state index in [1.807, 2.05) is 0 Å². The van der Waals surface area contributed by atoms with E-state index in [-0.39, 0.29) is 70.8 Å². The van der Waals surface area contributed by atoms with E-state index < -0.39 is 0 Å². The van der Waals surface area contributed by atoms with Crippen LogP contribution in [-0.2, 0) is 70.8 Å². The molecule has 4 heteroatoms. The van der Waals surface area contributed by atoms with Crippen LogP contribution in [0.3, 0.4) is 0 Å². The van der Waals surface area contributed by atoms with E-state index in [1.165, 1.54) is 0 Å². The summed E-state index contributed by atoms with van der Waals surface area (Å²) < 4.78 is 0. The summed E-state index contributed by atoms with van der Waals surface area (Å²) in [7, 11) is 0. The molecule has 0 bridgehead atoms. The van der Waals surface area contributed by atoms with Crippen molar-refractivity contribution in [2.45, 2.75) is 0 Å². The first kappa shape index (κ1) is 34.9. The monoisotopic (exact) mass is 359 g/mol. The first-order valence-corrected chi connectivity index (χ1v) is 0. The second kappa shape index (κ2) is 19.0. The van der Waals surface area contributed by atoms with Crippen molar-refractivity contribution in [3.05, 3.63) is 0 Å². The minimum absolute atomic E-state index is 0. The van der Waals surface area contributed by atoms with Crippen molar-refractivity contribution in [2.75, 3.05) is 0 Å². The molecule has 0 N–H and O–H groups in total. The Bertz CT molecular complexity index is 6.00. The van der Waals surface area contributed by atoms with Gasteiger partial charge in [-0.05, 0) is 0 Å². The first-order chi connectivity index (χ1) is 0. The second-order valence-corrected chi connectivity index (χ2v) is 0. The van der Waals surface area contributed by atoms with Crippen molar-refractivity contribution >= 4 is 0 Å². The molecular formula is CoNi2W. The predicted octanol–water partition coefficient (Wildman–Crippen LogP) is -0.0100. The molecule has 0 aromatic rings. The molecule has 4 heavy (non-hydrogen) atoms. The zero-order valence-corrected chi connectivity index (χ0v) is 7.32. The standard InChI is InChI=1S/Co.2Ni.W. The van der Waals surface area contributed by atoms with Crippen molar-refractivity contribution in [3.8, 4) is 0 Å². The molecule has 0 saturated heterocycles. The molecular weight excluding hydrogens is 360 g/mol. The summed E-state index contributed by atoms with van der Waals surface area (Å²) in [5, 5.41) is 0. The van der Waals surface area contributed by atoms with Gasteiger partial charge in [0.1, 0.15) is 0 Å². The molecule has 0 amide bonds. The summed E-state index contributed by atoms with van der Waals surface area (Å²) in [6, 6.07) is 0. The third-order valence-corrected chi connectivity index (χ3v) is 0. The minimum Gasteiger partial charge on any atom is 0 e. The third-order valence-electron chi connectivity index (χ3n) is 0. The van der Waals surface area contributed by atoms with E-state index >= 15 is 0 Å². The van der Waals surface area contributed by atoms with Gasteiger partial charge in [0.15, 0.2) is 0 Å². The number of rotatable bonds is 0. The van der Waals surface area contributed by atoms with E-state index in [0.29, 0.717) is 0 Å². The van der Waals surface area contributed by atoms with Gasteiger partial charge in [-0.25, -0.2) is 0 Å².